The van der Waals surface area contributed by atoms with Gasteiger partial charge in [-0.15, -0.1) is 5.10 Å². The number of nitrogens with zero attached hydrogens (tertiary/aromatic N) is 6. The molecule has 0 saturated heterocycles. The molecule has 5 aromatic rings. The molecule has 10 heteroatoms. The first kappa shape index (κ1) is 21.4. The molecule has 0 fully saturated rings. The van der Waals surface area contributed by atoms with Crippen LogP contribution in [0.2, 0.25) is 5.02 Å². The Hall–Kier alpha value is -4.11. The second-order valence-corrected chi connectivity index (χ2v) is 8.78. The van der Waals surface area contributed by atoms with Crippen molar-refractivity contribution in [1.29, 1.82) is 0 Å². The molecular weight excluding hydrogens is 469 g/mol. The van der Waals surface area contributed by atoms with Gasteiger partial charge in [-0.25, -0.2) is 9.37 Å². The van der Waals surface area contributed by atoms with Crippen LogP contribution < -0.4 is 9.57 Å². The fraction of sp³-hybridized carbons (Fsp3) is 0.160. The van der Waals surface area contributed by atoms with Crippen molar-refractivity contribution >= 4 is 11.6 Å². The molecule has 0 spiro atoms. The smallest absolute Gasteiger partial charge is 0.248 e. The lowest BCUT2D eigenvalue weighted by molar-refractivity contribution is -0.890. The summed E-state index contributed by atoms with van der Waals surface area (Å²) in [6.07, 6.45) is 6.96. The molecular formula is C25H20ClFN7O+. The molecule has 8 nitrogen and oxygen atoms in total. The van der Waals surface area contributed by atoms with E-state index in [0.717, 1.165) is 58.0 Å². The number of hydrogen-bond donors (Lipinski definition) is 1. The summed E-state index contributed by atoms with van der Waals surface area (Å²) >= 11 is 6.35. The maximum Gasteiger partial charge on any atom is 0.248 e. The summed E-state index contributed by atoms with van der Waals surface area (Å²) in [5.74, 6) is 0.551. The molecule has 35 heavy (non-hydrogen) atoms. The fourth-order valence-corrected chi connectivity index (χ4v) is 4.91. The van der Waals surface area contributed by atoms with Gasteiger partial charge in [0.05, 0.1) is 23.1 Å². The molecule has 0 radical (unpaired) electrons. The molecule has 0 saturated carbocycles. The van der Waals surface area contributed by atoms with E-state index in [1.54, 1.807) is 35.1 Å². The fourth-order valence-electron chi connectivity index (χ4n) is 4.74. The molecule has 6 rings (SSSR count). The van der Waals surface area contributed by atoms with E-state index in [-0.39, 0.29) is 11.7 Å². The van der Waals surface area contributed by atoms with Gasteiger partial charge in [-0.05, 0) is 59.7 Å². The summed E-state index contributed by atoms with van der Waals surface area (Å²) in [4.78, 5) is 13.8. The van der Waals surface area contributed by atoms with Crippen molar-refractivity contribution in [3.63, 3.8) is 0 Å². The number of halogens is 2. The lowest BCUT2D eigenvalue weighted by Crippen LogP contribution is -2.45. The zero-order valence-corrected chi connectivity index (χ0v) is 19.4. The zero-order valence-electron chi connectivity index (χ0n) is 18.7. The normalized spacial score (nSPS) is 14.8. The van der Waals surface area contributed by atoms with Crippen molar-refractivity contribution in [1.82, 2.24) is 30.2 Å². The Labute approximate surface area is 204 Å². The molecule has 1 aliphatic carbocycles. The van der Waals surface area contributed by atoms with Crippen LogP contribution in [0.5, 0.6) is 0 Å². The van der Waals surface area contributed by atoms with Gasteiger partial charge in [0, 0.05) is 26.4 Å². The van der Waals surface area contributed by atoms with Gasteiger partial charge >= 0.3 is 0 Å². The Morgan fingerprint density at radius 1 is 1.17 bits per heavy atom. The van der Waals surface area contributed by atoms with Crippen LogP contribution in [0.25, 0.3) is 28.1 Å². The van der Waals surface area contributed by atoms with Gasteiger partial charge in [-0.3, -0.25) is 4.84 Å². The van der Waals surface area contributed by atoms with Crippen molar-refractivity contribution in [3.8, 4) is 28.1 Å². The molecule has 1 atom stereocenters. The number of tetrazole rings is 1. The van der Waals surface area contributed by atoms with E-state index >= 15 is 0 Å². The molecule has 0 aliphatic heterocycles. The van der Waals surface area contributed by atoms with Crippen molar-refractivity contribution in [2.75, 3.05) is 7.11 Å². The van der Waals surface area contributed by atoms with E-state index in [1.165, 1.54) is 12.1 Å². The highest BCUT2D eigenvalue weighted by molar-refractivity contribution is 6.31. The number of imidazole rings is 1. The van der Waals surface area contributed by atoms with Crippen LogP contribution in [-0.2, 0) is 6.42 Å². The van der Waals surface area contributed by atoms with Crippen LogP contribution in [0.4, 0.5) is 4.39 Å². The number of nitrogens with one attached hydrogen (secondary N) is 1. The van der Waals surface area contributed by atoms with Gasteiger partial charge in [0.25, 0.3) is 0 Å². The zero-order chi connectivity index (χ0) is 23.9. The first-order valence-electron chi connectivity index (χ1n) is 11.1. The summed E-state index contributed by atoms with van der Waals surface area (Å²) in [5.41, 5.74) is 6.34. The van der Waals surface area contributed by atoms with E-state index < -0.39 is 0 Å². The van der Waals surface area contributed by atoms with Gasteiger partial charge < -0.3 is 4.98 Å². The van der Waals surface area contributed by atoms with E-state index in [2.05, 4.69) is 31.6 Å². The Balaban J connectivity index is 1.41. The van der Waals surface area contributed by atoms with Crippen molar-refractivity contribution < 1.29 is 14.0 Å². The minimum absolute atomic E-state index is 0.0136. The summed E-state index contributed by atoms with van der Waals surface area (Å²) in [6.45, 7) is 0. The highest BCUT2D eigenvalue weighted by Gasteiger charge is 2.37. The quantitative estimate of drug-likeness (QED) is 0.379. The van der Waals surface area contributed by atoms with Gasteiger partial charge in [-0.1, -0.05) is 23.7 Å². The van der Waals surface area contributed by atoms with Crippen LogP contribution in [0.1, 0.15) is 29.4 Å². The second kappa shape index (κ2) is 8.59. The monoisotopic (exact) mass is 488 g/mol. The number of hydrogen-bond acceptors (Lipinski definition) is 5. The molecule has 1 aliphatic rings. The van der Waals surface area contributed by atoms with Crippen molar-refractivity contribution in [2.24, 2.45) is 0 Å². The molecule has 3 aromatic heterocycles. The predicted molar refractivity (Wildman–Crippen MR) is 126 cm³/mol. The van der Waals surface area contributed by atoms with E-state index in [4.69, 9.17) is 16.4 Å². The van der Waals surface area contributed by atoms with Crippen LogP contribution in [0.3, 0.4) is 0 Å². The number of aromatic nitrogens is 7. The average Bonchev–Trinajstić information content (AvgIpc) is 3.64. The largest absolute Gasteiger partial charge is 0.341 e. The minimum Gasteiger partial charge on any atom is -0.341 e. The number of benzene rings is 2. The Bertz CT molecular complexity index is 1530. The third-order valence-electron chi connectivity index (χ3n) is 6.31. The summed E-state index contributed by atoms with van der Waals surface area (Å²) in [6, 6.07) is 14.2. The number of aromatic amines is 1. The van der Waals surface area contributed by atoms with Crippen LogP contribution >= 0.6 is 11.6 Å². The highest BCUT2D eigenvalue weighted by Crippen LogP contribution is 2.38. The second-order valence-electron chi connectivity index (χ2n) is 8.35. The molecule has 0 bridgehead atoms. The topological polar surface area (TPSA) is 85.4 Å². The van der Waals surface area contributed by atoms with Gasteiger partial charge in [0.1, 0.15) is 31.0 Å². The molecule has 3 heterocycles. The Morgan fingerprint density at radius 2 is 2.09 bits per heavy atom. The maximum atomic E-state index is 13.7. The lowest BCUT2D eigenvalue weighted by atomic mass is 10.0. The van der Waals surface area contributed by atoms with Crippen LogP contribution in [0.15, 0.2) is 67.3 Å². The van der Waals surface area contributed by atoms with E-state index in [1.807, 2.05) is 30.5 Å². The third kappa shape index (κ3) is 3.83. The van der Waals surface area contributed by atoms with Crippen LogP contribution in [-0.4, -0.2) is 37.3 Å². The highest BCUT2D eigenvalue weighted by atomic mass is 35.5. The number of aryl methyl sites for hydroxylation is 1. The van der Waals surface area contributed by atoms with Gasteiger partial charge in [0.15, 0.2) is 0 Å². The number of rotatable bonds is 5. The van der Waals surface area contributed by atoms with E-state index in [0.29, 0.717) is 5.02 Å². The molecule has 174 valence electrons. The minimum atomic E-state index is -0.281. The molecule has 1 unspecified atom stereocenters. The maximum absolute atomic E-state index is 13.7. The molecule has 0 amide bonds. The average molecular weight is 489 g/mol. The first-order chi connectivity index (χ1) is 17.1. The van der Waals surface area contributed by atoms with Crippen molar-refractivity contribution in [3.05, 3.63) is 95.2 Å². The number of fused-ring (bicyclic) bond motifs is 1. The Morgan fingerprint density at radius 3 is 2.89 bits per heavy atom. The summed E-state index contributed by atoms with van der Waals surface area (Å²) in [5, 5.41) is 12.2. The van der Waals surface area contributed by atoms with Crippen molar-refractivity contribution in [2.45, 2.75) is 18.8 Å². The summed E-state index contributed by atoms with van der Waals surface area (Å²) in [7, 11) is 1.64. The third-order valence-corrected chi connectivity index (χ3v) is 6.54. The van der Waals surface area contributed by atoms with E-state index in [9.17, 15) is 4.39 Å². The summed E-state index contributed by atoms with van der Waals surface area (Å²) < 4.78 is 17.1. The lowest BCUT2D eigenvalue weighted by Gasteiger charge is -2.11. The standard InChI is InChI=1S/C25H20ClFN7O/c1-35-34-13-17(21-11-18(26)6-8-23(21)33-14-29-31-32-33)9-16-5-7-20(24(16)34)25-28-12-22(30-25)15-3-2-4-19(27)10-15/h2-4,6,8-14,20H,5,7H2,1H3,(H,28,30)/q+1. The van der Waals surface area contributed by atoms with Gasteiger partial charge in [-0.2, -0.15) is 4.68 Å². The number of H-pyrrole nitrogens is 1. The molecule has 1 N–H and O–H groups in total. The van der Waals surface area contributed by atoms with Gasteiger partial charge in [0.2, 0.25) is 11.9 Å². The van der Waals surface area contributed by atoms with Crippen LogP contribution in [0, 0.1) is 5.82 Å². The predicted octanol–water partition coefficient (Wildman–Crippen LogP) is 3.94. The Kier molecular flexibility index (Phi) is 5.26. The molecule has 2 aromatic carbocycles. The first-order valence-corrected chi connectivity index (χ1v) is 11.5. The SMILES string of the molecule is CO[n+]1cc(-c2cc(Cl)ccc2-n2cnnn2)cc2c1C(c1ncc(-c3cccc(F)c3)[nH]1)CC2. The number of pyridine rings is 1.